The fraction of sp³-hybridized carbons (Fsp3) is 0.684. The standard InChI is InChI=1S/C19H30/c1-18(2,3)16-12-8-7-10-14(16)15-11-9-13-17(15)19(4,5)6/h7-8,10,12,15,17H,9,11,13H2,1-6H3. The Kier molecular flexibility index (Phi) is 3.82. The van der Waals surface area contributed by atoms with Crippen molar-refractivity contribution in [1.29, 1.82) is 0 Å². The van der Waals surface area contributed by atoms with Gasteiger partial charge in [-0.15, -0.1) is 0 Å². The molecule has 1 aliphatic carbocycles. The molecule has 106 valence electrons. The van der Waals surface area contributed by atoms with Crippen LogP contribution in [0.2, 0.25) is 0 Å². The van der Waals surface area contributed by atoms with E-state index in [4.69, 9.17) is 0 Å². The molecule has 1 aliphatic rings. The van der Waals surface area contributed by atoms with E-state index in [1.54, 1.807) is 11.1 Å². The number of rotatable bonds is 1. The van der Waals surface area contributed by atoms with Gasteiger partial charge in [0.25, 0.3) is 0 Å². The van der Waals surface area contributed by atoms with Crippen LogP contribution in [0.15, 0.2) is 24.3 Å². The SMILES string of the molecule is CC(C)(C)c1ccccc1C1CCCC1C(C)(C)C. The number of hydrogen-bond acceptors (Lipinski definition) is 0. The first-order valence-corrected chi connectivity index (χ1v) is 7.80. The van der Waals surface area contributed by atoms with Crippen LogP contribution in [-0.2, 0) is 5.41 Å². The second-order valence-electron chi connectivity index (χ2n) is 8.35. The van der Waals surface area contributed by atoms with Crippen molar-refractivity contribution in [3.8, 4) is 0 Å². The molecule has 1 saturated carbocycles. The third-order valence-electron chi connectivity index (χ3n) is 4.80. The Bertz CT molecular complexity index is 428. The summed E-state index contributed by atoms with van der Waals surface area (Å²) in [5.41, 5.74) is 3.84. The zero-order valence-corrected chi connectivity index (χ0v) is 13.6. The predicted octanol–water partition coefficient (Wildman–Crippen LogP) is 5.91. The molecule has 0 N–H and O–H groups in total. The molecule has 0 saturated heterocycles. The van der Waals surface area contributed by atoms with E-state index in [1.165, 1.54) is 19.3 Å². The molecule has 1 aromatic carbocycles. The Morgan fingerprint density at radius 3 is 2.11 bits per heavy atom. The van der Waals surface area contributed by atoms with Gasteiger partial charge in [0.1, 0.15) is 0 Å². The Balaban J connectivity index is 2.42. The van der Waals surface area contributed by atoms with Crippen molar-refractivity contribution in [2.75, 3.05) is 0 Å². The maximum atomic E-state index is 2.41. The zero-order chi connectivity index (χ0) is 14.3. The lowest BCUT2D eigenvalue weighted by Gasteiger charge is -2.35. The van der Waals surface area contributed by atoms with Crippen LogP contribution in [0.25, 0.3) is 0 Å². The molecule has 0 bridgehead atoms. The highest BCUT2D eigenvalue weighted by Gasteiger charge is 2.38. The molecule has 2 unspecified atom stereocenters. The third kappa shape index (κ3) is 3.04. The fourth-order valence-corrected chi connectivity index (χ4v) is 3.87. The van der Waals surface area contributed by atoms with Crippen molar-refractivity contribution in [1.82, 2.24) is 0 Å². The highest BCUT2D eigenvalue weighted by atomic mass is 14.4. The van der Waals surface area contributed by atoms with Gasteiger partial charge in [0, 0.05) is 0 Å². The van der Waals surface area contributed by atoms with Gasteiger partial charge in [0.15, 0.2) is 0 Å². The Hall–Kier alpha value is -0.780. The van der Waals surface area contributed by atoms with Gasteiger partial charge in [0.05, 0.1) is 0 Å². The molecule has 1 aromatic rings. The van der Waals surface area contributed by atoms with Crippen molar-refractivity contribution in [2.24, 2.45) is 11.3 Å². The highest BCUT2D eigenvalue weighted by Crippen LogP contribution is 2.50. The minimum atomic E-state index is 0.252. The van der Waals surface area contributed by atoms with Crippen molar-refractivity contribution in [3.05, 3.63) is 35.4 Å². The van der Waals surface area contributed by atoms with Crippen LogP contribution in [0.1, 0.15) is 77.8 Å². The average Bonchev–Trinajstić information content (AvgIpc) is 2.76. The maximum Gasteiger partial charge on any atom is -0.0126 e. The zero-order valence-electron chi connectivity index (χ0n) is 13.6. The molecule has 2 atom stereocenters. The summed E-state index contributed by atoms with van der Waals surface area (Å²) in [5, 5.41) is 0. The van der Waals surface area contributed by atoms with Crippen LogP contribution in [0.5, 0.6) is 0 Å². The lowest BCUT2D eigenvalue weighted by molar-refractivity contribution is 0.222. The minimum absolute atomic E-state index is 0.252. The molecule has 2 rings (SSSR count). The first-order chi connectivity index (χ1) is 8.71. The first-order valence-electron chi connectivity index (χ1n) is 7.80. The molecule has 0 heteroatoms. The number of benzene rings is 1. The van der Waals surface area contributed by atoms with Gasteiger partial charge in [-0.1, -0.05) is 72.2 Å². The van der Waals surface area contributed by atoms with Crippen LogP contribution in [-0.4, -0.2) is 0 Å². The van der Waals surface area contributed by atoms with E-state index in [-0.39, 0.29) is 5.41 Å². The van der Waals surface area contributed by atoms with Crippen molar-refractivity contribution in [2.45, 2.75) is 72.1 Å². The summed E-state index contributed by atoms with van der Waals surface area (Å²) in [6.07, 6.45) is 4.16. The fourth-order valence-electron chi connectivity index (χ4n) is 3.87. The molecule has 0 spiro atoms. The van der Waals surface area contributed by atoms with Crippen LogP contribution in [0.3, 0.4) is 0 Å². The second kappa shape index (κ2) is 4.96. The van der Waals surface area contributed by atoms with E-state index in [0.29, 0.717) is 5.41 Å². The number of hydrogen-bond donors (Lipinski definition) is 0. The van der Waals surface area contributed by atoms with E-state index in [9.17, 15) is 0 Å². The smallest absolute Gasteiger partial charge is 0.0126 e. The highest BCUT2D eigenvalue weighted by molar-refractivity contribution is 5.36. The van der Waals surface area contributed by atoms with Crippen LogP contribution >= 0.6 is 0 Å². The molecule has 0 radical (unpaired) electrons. The molecule has 0 amide bonds. The molecule has 0 aliphatic heterocycles. The van der Waals surface area contributed by atoms with E-state index < -0.39 is 0 Å². The largest absolute Gasteiger partial charge is 0.0620 e. The van der Waals surface area contributed by atoms with Gasteiger partial charge in [-0.25, -0.2) is 0 Å². The van der Waals surface area contributed by atoms with Gasteiger partial charge < -0.3 is 0 Å². The van der Waals surface area contributed by atoms with E-state index in [0.717, 1.165) is 11.8 Å². The normalized spacial score (nSPS) is 24.7. The second-order valence-corrected chi connectivity index (χ2v) is 8.35. The molecule has 1 fully saturated rings. The van der Waals surface area contributed by atoms with Gasteiger partial charge in [-0.3, -0.25) is 0 Å². The Labute approximate surface area is 119 Å². The summed E-state index contributed by atoms with van der Waals surface area (Å²) in [5.74, 6) is 1.59. The molecule has 0 nitrogen and oxygen atoms in total. The summed E-state index contributed by atoms with van der Waals surface area (Å²) in [7, 11) is 0. The molecular weight excluding hydrogens is 228 g/mol. The molecule has 0 heterocycles. The van der Waals surface area contributed by atoms with Crippen LogP contribution in [0, 0.1) is 11.3 Å². The molecule has 19 heavy (non-hydrogen) atoms. The van der Waals surface area contributed by atoms with E-state index in [1.807, 2.05) is 0 Å². The van der Waals surface area contributed by atoms with Gasteiger partial charge in [0.2, 0.25) is 0 Å². The maximum absolute atomic E-state index is 2.41. The third-order valence-corrected chi connectivity index (χ3v) is 4.80. The first kappa shape index (κ1) is 14.6. The summed E-state index contributed by atoms with van der Waals surface area (Å²) < 4.78 is 0. The van der Waals surface area contributed by atoms with Crippen LogP contribution < -0.4 is 0 Å². The minimum Gasteiger partial charge on any atom is -0.0620 e. The van der Waals surface area contributed by atoms with Crippen molar-refractivity contribution < 1.29 is 0 Å². The summed E-state index contributed by atoms with van der Waals surface area (Å²) >= 11 is 0. The Morgan fingerprint density at radius 2 is 1.53 bits per heavy atom. The molecular formula is C19H30. The van der Waals surface area contributed by atoms with Crippen molar-refractivity contribution >= 4 is 0 Å². The average molecular weight is 258 g/mol. The summed E-state index contributed by atoms with van der Waals surface area (Å²) in [4.78, 5) is 0. The van der Waals surface area contributed by atoms with Crippen LogP contribution in [0.4, 0.5) is 0 Å². The lowest BCUT2D eigenvalue weighted by atomic mass is 9.70. The van der Waals surface area contributed by atoms with E-state index in [2.05, 4.69) is 65.8 Å². The van der Waals surface area contributed by atoms with Gasteiger partial charge >= 0.3 is 0 Å². The topological polar surface area (TPSA) is 0 Å². The Morgan fingerprint density at radius 1 is 0.895 bits per heavy atom. The van der Waals surface area contributed by atoms with Gasteiger partial charge in [-0.2, -0.15) is 0 Å². The van der Waals surface area contributed by atoms with Gasteiger partial charge in [-0.05, 0) is 46.6 Å². The quantitative estimate of drug-likeness (QED) is 0.587. The van der Waals surface area contributed by atoms with E-state index >= 15 is 0 Å². The van der Waals surface area contributed by atoms with Crippen molar-refractivity contribution in [3.63, 3.8) is 0 Å². The lowest BCUT2D eigenvalue weighted by Crippen LogP contribution is -2.25. The predicted molar refractivity (Wildman–Crippen MR) is 84.7 cm³/mol. The molecule has 0 aromatic heterocycles. The summed E-state index contributed by atoms with van der Waals surface area (Å²) in [6, 6.07) is 9.15. The summed E-state index contributed by atoms with van der Waals surface area (Å²) in [6.45, 7) is 14.3. The monoisotopic (exact) mass is 258 g/mol.